The van der Waals surface area contributed by atoms with Crippen LogP contribution >= 0.6 is 34.2 Å². The van der Waals surface area contributed by atoms with E-state index in [-0.39, 0.29) is 6.42 Å². The van der Waals surface area contributed by atoms with Crippen molar-refractivity contribution in [2.45, 2.75) is 12.6 Å². The zero-order valence-corrected chi connectivity index (χ0v) is 15.9. The van der Waals surface area contributed by atoms with Crippen LogP contribution in [0.3, 0.4) is 0 Å². The van der Waals surface area contributed by atoms with E-state index in [0.717, 1.165) is 21.1 Å². The van der Waals surface area contributed by atoms with E-state index in [1.54, 1.807) is 6.07 Å². The molecule has 2 aromatic carbocycles. The van der Waals surface area contributed by atoms with E-state index in [0.29, 0.717) is 27.5 Å². The number of fused-ring (bicyclic) bond motifs is 1. The predicted molar refractivity (Wildman–Crippen MR) is 100 cm³/mol. The van der Waals surface area contributed by atoms with Crippen molar-refractivity contribution < 1.29 is 17.9 Å². The van der Waals surface area contributed by atoms with Crippen LogP contribution in [0.25, 0.3) is 10.9 Å². The number of pyridine rings is 1. The van der Waals surface area contributed by atoms with Crippen molar-refractivity contribution >= 4 is 45.1 Å². The van der Waals surface area contributed by atoms with Crippen LogP contribution in [0, 0.1) is 3.57 Å². The highest BCUT2D eigenvalue weighted by atomic mass is 127. The van der Waals surface area contributed by atoms with Crippen molar-refractivity contribution in [3.8, 4) is 5.88 Å². The van der Waals surface area contributed by atoms with Crippen LogP contribution in [0.5, 0.6) is 5.88 Å². The van der Waals surface area contributed by atoms with Crippen LogP contribution in [-0.2, 0) is 12.6 Å². The number of hydrogen-bond donors (Lipinski definition) is 0. The van der Waals surface area contributed by atoms with Gasteiger partial charge in [-0.2, -0.15) is 13.2 Å². The molecule has 0 aliphatic rings. The molecular formula is C18H12ClF3INO. The van der Waals surface area contributed by atoms with Crippen molar-refractivity contribution in [3.63, 3.8) is 0 Å². The van der Waals surface area contributed by atoms with Gasteiger partial charge >= 0.3 is 6.18 Å². The molecule has 7 heteroatoms. The normalized spacial score (nSPS) is 11.8. The predicted octanol–water partition coefficient (Wildman–Crippen LogP) is 6.11. The van der Waals surface area contributed by atoms with Crippen LogP contribution in [-0.4, -0.2) is 12.1 Å². The van der Waals surface area contributed by atoms with E-state index in [1.807, 2.05) is 18.2 Å². The van der Waals surface area contributed by atoms with Gasteiger partial charge in [0, 0.05) is 20.9 Å². The summed E-state index contributed by atoms with van der Waals surface area (Å²) in [6.07, 6.45) is -4.19. The Labute approximate surface area is 161 Å². The lowest BCUT2D eigenvalue weighted by molar-refractivity contribution is -0.137. The molecule has 0 aliphatic heterocycles. The summed E-state index contributed by atoms with van der Waals surface area (Å²) in [6.45, 7) is 0. The molecular weight excluding hydrogens is 466 g/mol. The van der Waals surface area contributed by atoms with Crippen molar-refractivity contribution in [1.29, 1.82) is 0 Å². The fraction of sp³-hybridized carbons (Fsp3) is 0.167. The molecule has 0 radical (unpaired) electrons. The zero-order chi connectivity index (χ0) is 18.2. The Kier molecular flexibility index (Phi) is 5.11. The van der Waals surface area contributed by atoms with Crippen LogP contribution in [0.1, 0.15) is 16.7 Å². The molecule has 0 atom stereocenters. The zero-order valence-electron chi connectivity index (χ0n) is 13.0. The maximum atomic E-state index is 12.9. The summed E-state index contributed by atoms with van der Waals surface area (Å²) >= 11 is 8.70. The first-order valence-corrected chi connectivity index (χ1v) is 8.73. The number of hydrogen-bond acceptors (Lipinski definition) is 2. The third kappa shape index (κ3) is 3.84. The highest BCUT2D eigenvalue weighted by molar-refractivity contribution is 14.1. The quantitative estimate of drug-likeness (QED) is 0.425. The Hall–Kier alpha value is -1.54. The number of halogens is 5. The van der Waals surface area contributed by atoms with Gasteiger partial charge in [-0.1, -0.05) is 29.8 Å². The molecule has 0 amide bonds. The molecule has 0 fully saturated rings. The fourth-order valence-electron chi connectivity index (χ4n) is 2.60. The second-order valence-electron chi connectivity index (χ2n) is 5.45. The smallest absolute Gasteiger partial charge is 0.416 e. The Morgan fingerprint density at radius 1 is 1.16 bits per heavy atom. The van der Waals surface area contributed by atoms with Gasteiger partial charge in [-0.25, -0.2) is 4.98 Å². The fourth-order valence-corrected chi connectivity index (χ4v) is 3.39. The second-order valence-corrected chi connectivity index (χ2v) is 7.07. The van der Waals surface area contributed by atoms with Gasteiger partial charge in [-0.15, -0.1) is 0 Å². The summed E-state index contributed by atoms with van der Waals surface area (Å²) in [5.74, 6) is 0.316. The first kappa shape index (κ1) is 18.3. The SMILES string of the molecule is COc1nc2ccc(I)cc2c(Cl)c1Cc1cccc(C(F)(F)F)c1. The minimum absolute atomic E-state index is 0.195. The molecule has 25 heavy (non-hydrogen) atoms. The standard InChI is InChI=1S/C18H12ClF3INO/c1-25-17-14(8-10-3-2-4-11(7-10)18(20,21)22)16(19)13-9-12(23)5-6-15(13)24-17/h2-7,9H,8H2,1H3. The molecule has 3 aromatic rings. The summed E-state index contributed by atoms with van der Waals surface area (Å²) < 4.78 is 45.1. The van der Waals surface area contributed by atoms with Crippen molar-refractivity contribution in [1.82, 2.24) is 4.98 Å². The number of aromatic nitrogens is 1. The Morgan fingerprint density at radius 3 is 2.60 bits per heavy atom. The Morgan fingerprint density at radius 2 is 1.92 bits per heavy atom. The van der Waals surface area contributed by atoms with Gasteiger partial charge in [0.2, 0.25) is 5.88 Å². The summed E-state index contributed by atoms with van der Waals surface area (Å²) in [5.41, 5.74) is 1.04. The highest BCUT2D eigenvalue weighted by Crippen LogP contribution is 2.35. The molecule has 1 heterocycles. The molecule has 130 valence electrons. The number of nitrogens with zero attached hydrogens (tertiary/aromatic N) is 1. The summed E-state index contributed by atoms with van der Waals surface area (Å²) in [5, 5.41) is 1.19. The topological polar surface area (TPSA) is 22.1 Å². The molecule has 1 aromatic heterocycles. The lowest BCUT2D eigenvalue weighted by atomic mass is 10.0. The molecule has 3 rings (SSSR count). The first-order valence-electron chi connectivity index (χ1n) is 7.27. The van der Waals surface area contributed by atoms with E-state index in [4.69, 9.17) is 16.3 Å². The minimum Gasteiger partial charge on any atom is -0.481 e. The van der Waals surface area contributed by atoms with E-state index >= 15 is 0 Å². The average Bonchev–Trinajstić information content (AvgIpc) is 2.57. The molecule has 0 N–H and O–H groups in total. The van der Waals surface area contributed by atoms with E-state index in [2.05, 4.69) is 27.6 Å². The van der Waals surface area contributed by atoms with Crippen molar-refractivity contribution in [2.24, 2.45) is 0 Å². The highest BCUT2D eigenvalue weighted by Gasteiger charge is 2.30. The van der Waals surface area contributed by atoms with Gasteiger partial charge in [0.25, 0.3) is 0 Å². The van der Waals surface area contributed by atoms with Crippen LogP contribution in [0.2, 0.25) is 5.02 Å². The third-order valence-electron chi connectivity index (χ3n) is 3.77. The van der Waals surface area contributed by atoms with Gasteiger partial charge in [0.05, 0.1) is 23.2 Å². The van der Waals surface area contributed by atoms with Gasteiger partial charge in [0.1, 0.15) is 0 Å². The number of methoxy groups -OCH3 is 1. The summed E-state index contributed by atoms with van der Waals surface area (Å²) in [4.78, 5) is 4.43. The second kappa shape index (κ2) is 6.99. The van der Waals surface area contributed by atoms with Gasteiger partial charge < -0.3 is 4.74 Å². The van der Waals surface area contributed by atoms with Gasteiger partial charge in [-0.05, 0) is 52.4 Å². The molecule has 0 saturated heterocycles. The minimum atomic E-state index is -4.39. The van der Waals surface area contributed by atoms with Gasteiger partial charge in [0.15, 0.2) is 0 Å². The Balaban J connectivity index is 2.11. The monoisotopic (exact) mass is 477 g/mol. The van der Waals surface area contributed by atoms with Crippen molar-refractivity contribution in [3.05, 3.63) is 67.7 Å². The number of rotatable bonds is 3. The lowest BCUT2D eigenvalue weighted by Crippen LogP contribution is -2.06. The van der Waals surface area contributed by atoms with Crippen LogP contribution < -0.4 is 4.74 Å². The van der Waals surface area contributed by atoms with Crippen molar-refractivity contribution in [2.75, 3.05) is 7.11 Å². The number of ether oxygens (including phenoxy) is 1. The maximum Gasteiger partial charge on any atom is 0.416 e. The van der Waals surface area contributed by atoms with E-state index in [1.165, 1.54) is 13.2 Å². The molecule has 2 nitrogen and oxygen atoms in total. The summed E-state index contributed by atoms with van der Waals surface area (Å²) in [6, 6.07) is 10.8. The first-order chi connectivity index (χ1) is 11.8. The molecule has 0 spiro atoms. The van der Waals surface area contributed by atoms with E-state index < -0.39 is 11.7 Å². The molecule has 0 aliphatic carbocycles. The van der Waals surface area contributed by atoms with Crippen LogP contribution in [0.4, 0.5) is 13.2 Å². The average molecular weight is 478 g/mol. The summed E-state index contributed by atoms with van der Waals surface area (Å²) in [7, 11) is 1.47. The molecule has 0 bridgehead atoms. The largest absolute Gasteiger partial charge is 0.481 e. The molecule has 0 saturated carbocycles. The third-order valence-corrected chi connectivity index (χ3v) is 4.87. The lowest BCUT2D eigenvalue weighted by Gasteiger charge is -2.14. The molecule has 0 unspecified atom stereocenters. The van der Waals surface area contributed by atoms with Crippen LogP contribution in [0.15, 0.2) is 42.5 Å². The number of alkyl halides is 3. The maximum absolute atomic E-state index is 12.9. The van der Waals surface area contributed by atoms with E-state index in [9.17, 15) is 13.2 Å². The van der Waals surface area contributed by atoms with Gasteiger partial charge in [-0.3, -0.25) is 0 Å². The Bertz CT molecular complexity index is 943. The number of benzene rings is 2.